The van der Waals surface area contributed by atoms with Crippen LogP contribution in [0, 0.1) is 0 Å². The van der Waals surface area contributed by atoms with Gasteiger partial charge < -0.3 is 9.80 Å². The van der Waals surface area contributed by atoms with E-state index >= 15 is 0 Å². The monoisotopic (exact) mass is 948 g/mol. The van der Waals surface area contributed by atoms with Crippen LogP contribution in [0.2, 0.25) is 0 Å². The number of anilines is 6. The van der Waals surface area contributed by atoms with E-state index in [9.17, 15) is 0 Å². The Kier molecular flexibility index (Phi) is 10.9. The molecule has 11 aromatic carbocycles. The van der Waals surface area contributed by atoms with Gasteiger partial charge in [-0.1, -0.05) is 228 Å². The van der Waals surface area contributed by atoms with Gasteiger partial charge in [0.15, 0.2) is 0 Å². The standard InChI is InChI=1S/C72H56N2/c1-71(2)65-26-16-14-24-62(65)63-45-44-60(48-67(63)71)73(56-36-28-52(29-37-56)49-18-8-5-9-19-49)57-42-34-55(35-43-57)61-46-47-68(69-64-25-15-17-27-66(64)72(3,4)70(61)69)74(58-38-30-53(31-39-58)50-20-10-6-11-21-50)59-40-32-54(33-41-59)51-22-12-7-13-23-51/h5-48H,1-4H3. The van der Waals surface area contributed by atoms with Gasteiger partial charge in [0.05, 0.1) is 5.69 Å². The predicted molar refractivity (Wildman–Crippen MR) is 313 cm³/mol. The van der Waals surface area contributed by atoms with E-state index in [4.69, 9.17) is 0 Å². The normalized spacial score (nSPS) is 13.4. The maximum atomic E-state index is 2.46. The van der Waals surface area contributed by atoms with Crippen LogP contribution >= 0.6 is 0 Å². The third-order valence-electron chi connectivity index (χ3n) is 15.9. The van der Waals surface area contributed by atoms with Gasteiger partial charge in [0.25, 0.3) is 0 Å². The number of nitrogens with zero attached hydrogens (tertiary/aromatic N) is 2. The Bertz CT molecular complexity index is 3750. The molecule has 0 unspecified atom stereocenters. The average molecular weight is 949 g/mol. The van der Waals surface area contributed by atoms with Crippen LogP contribution in [0.1, 0.15) is 49.9 Å². The highest BCUT2D eigenvalue weighted by Crippen LogP contribution is 2.58. The zero-order chi connectivity index (χ0) is 50.0. The van der Waals surface area contributed by atoms with Gasteiger partial charge in [-0.2, -0.15) is 0 Å². The predicted octanol–water partition coefficient (Wildman–Crippen LogP) is 19.9. The summed E-state index contributed by atoms with van der Waals surface area (Å²) in [6.45, 7) is 9.53. The Labute approximate surface area is 436 Å². The Hall–Kier alpha value is -8.98. The molecule has 0 amide bonds. The van der Waals surface area contributed by atoms with Crippen LogP contribution < -0.4 is 9.80 Å². The lowest BCUT2D eigenvalue weighted by Crippen LogP contribution is -2.17. The number of benzene rings is 11. The number of hydrogen-bond donors (Lipinski definition) is 0. The molecular formula is C72H56N2. The van der Waals surface area contributed by atoms with E-state index in [0.717, 1.165) is 34.1 Å². The fourth-order valence-corrected chi connectivity index (χ4v) is 12.1. The Morgan fingerprint density at radius 2 is 0.595 bits per heavy atom. The summed E-state index contributed by atoms with van der Waals surface area (Å²) in [5, 5.41) is 0. The second kappa shape index (κ2) is 17.9. The molecule has 74 heavy (non-hydrogen) atoms. The van der Waals surface area contributed by atoms with Crippen molar-refractivity contribution in [2.45, 2.75) is 38.5 Å². The van der Waals surface area contributed by atoms with Crippen molar-refractivity contribution in [3.8, 4) is 66.8 Å². The maximum absolute atomic E-state index is 2.46. The van der Waals surface area contributed by atoms with Crippen LogP contribution in [0.25, 0.3) is 66.8 Å². The molecule has 0 aromatic heterocycles. The maximum Gasteiger partial charge on any atom is 0.0543 e. The van der Waals surface area contributed by atoms with Crippen LogP contribution in [0.5, 0.6) is 0 Å². The lowest BCUT2D eigenvalue weighted by molar-refractivity contribution is 0.660. The first kappa shape index (κ1) is 44.9. The molecule has 0 aliphatic heterocycles. The van der Waals surface area contributed by atoms with Gasteiger partial charge in [-0.25, -0.2) is 0 Å². The van der Waals surface area contributed by atoms with Crippen molar-refractivity contribution < 1.29 is 0 Å². The summed E-state index contributed by atoms with van der Waals surface area (Å²) in [5.41, 5.74) is 26.6. The molecule has 2 aliphatic carbocycles. The highest BCUT2D eigenvalue weighted by atomic mass is 15.1. The summed E-state index contributed by atoms with van der Waals surface area (Å²) >= 11 is 0. The highest BCUT2D eigenvalue weighted by Gasteiger charge is 2.40. The van der Waals surface area contributed by atoms with E-state index in [0.29, 0.717) is 0 Å². The van der Waals surface area contributed by atoms with Gasteiger partial charge in [0.1, 0.15) is 0 Å². The second-order valence-corrected chi connectivity index (χ2v) is 20.9. The van der Waals surface area contributed by atoms with Crippen molar-refractivity contribution in [1.82, 2.24) is 0 Å². The second-order valence-electron chi connectivity index (χ2n) is 20.9. The van der Waals surface area contributed by atoms with Crippen molar-refractivity contribution >= 4 is 34.1 Å². The minimum atomic E-state index is -0.280. The smallest absolute Gasteiger partial charge is 0.0543 e. The Morgan fingerprint density at radius 3 is 1.08 bits per heavy atom. The molecule has 2 aliphatic rings. The third kappa shape index (κ3) is 7.56. The molecule has 0 heterocycles. The molecule has 0 spiro atoms. The van der Waals surface area contributed by atoms with Gasteiger partial charge in [-0.3, -0.25) is 0 Å². The number of fused-ring (bicyclic) bond motifs is 6. The lowest BCUT2D eigenvalue weighted by Gasteiger charge is -2.31. The Balaban J connectivity index is 0.944. The molecule has 0 fully saturated rings. The zero-order valence-corrected chi connectivity index (χ0v) is 42.3. The van der Waals surface area contributed by atoms with Crippen LogP contribution in [-0.2, 0) is 10.8 Å². The number of hydrogen-bond acceptors (Lipinski definition) is 2. The SMILES string of the molecule is CC1(C)c2ccccc2-c2ccc(N(c3ccc(-c4ccccc4)cc3)c3ccc(-c4ccc(N(c5ccc(-c6ccccc6)cc5)c5ccc(-c6ccccc6)cc5)c5c4C(C)(C)c4ccccc4-5)cc3)cc21. The minimum Gasteiger partial charge on any atom is -0.310 e. The third-order valence-corrected chi connectivity index (χ3v) is 15.9. The highest BCUT2D eigenvalue weighted by molar-refractivity contribution is 5.99. The van der Waals surface area contributed by atoms with Gasteiger partial charge in [0.2, 0.25) is 0 Å². The molecule has 11 aromatic rings. The average Bonchev–Trinajstić information content (AvgIpc) is 3.84. The molecule has 0 radical (unpaired) electrons. The summed E-state index contributed by atoms with van der Waals surface area (Å²) in [7, 11) is 0. The van der Waals surface area contributed by atoms with Crippen LogP contribution in [0.15, 0.2) is 267 Å². The Morgan fingerprint density at radius 1 is 0.243 bits per heavy atom. The van der Waals surface area contributed by atoms with E-state index < -0.39 is 0 Å². The lowest BCUT2D eigenvalue weighted by atomic mass is 9.78. The van der Waals surface area contributed by atoms with Crippen molar-refractivity contribution in [1.29, 1.82) is 0 Å². The fraction of sp³-hybridized carbons (Fsp3) is 0.0833. The van der Waals surface area contributed by atoms with E-state index in [2.05, 4.69) is 304 Å². The first-order valence-corrected chi connectivity index (χ1v) is 25.9. The largest absolute Gasteiger partial charge is 0.310 e. The van der Waals surface area contributed by atoms with Crippen molar-refractivity contribution in [2.75, 3.05) is 9.80 Å². The van der Waals surface area contributed by atoms with Crippen LogP contribution in [0.4, 0.5) is 34.1 Å². The molecule has 13 rings (SSSR count). The molecule has 0 saturated heterocycles. The van der Waals surface area contributed by atoms with Gasteiger partial charge in [-0.05, 0) is 150 Å². The molecule has 0 bridgehead atoms. The molecule has 0 N–H and O–H groups in total. The van der Waals surface area contributed by atoms with E-state index in [1.807, 2.05) is 0 Å². The molecule has 354 valence electrons. The van der Waals surface area contributed by atoms with Crippen molar-refractivity contribution in [2.24, 2.45) is 0 Å². The van der Waals surface area contributed by atoms with Crippen molar-refractivity contribution in [3.63, 3.8) is 0 Å². The first-order valence-electron chi connectivity index (χ1n) is 25.9. The van der Waals surface area contributed by atoms with Gasteiger partial charge >= 0.3 is 0 Å². The molecular weight excluding hydrogens is 893 g/mol. The molecule has 0 saturated carbocycles. The fourth-order valence-electron chi connectivity index (χ4n) is 12.1. The summed E-state index contributed by atoms with van der Waals surface area (Å²) in [6.07, 6.45) is 0. The summed E-state index contributed by atoms with van der Waals surface area (Å²) in [6, 6.07) is 98.2. The zero-order valence-electron chi connectivity index (χ0n) is 42.3. The van der Waals surface area contributed by atoms with Crippen LogP contribution in [-0.4, -0.2) is 0 Å². The topological polar surface area (TPSA) is 6.48 Å². The van der Waals surface area contributed by atoms with Gasteiger partial charge in [-0.15, -0.1) is 0 Å². The quantitative estimate of drug-likeness (QED) is 0.135. The molecule has 2 heteroatoms. The van der Waals surface area contributed by atoms with Gasteiger partial charge in [0, 0.05) is 44.8 Å². The summed E-state index contributed by atoms with van der Waals surface area (Å²) in [4.78, 5) is 4.89. The van der Waals surface area contributed by atoms with Crippen molar-refractivity contribution in [3.05, 3.63) is 289 Å². The van der Waals surface area contributed by atoms with E-state index in [1.165, 1.54) is 89.0 Å². The van der Waals surface area contributed by atoms with E-state index in [1.54, 1.807) is 0 Å². The summed E-state index contributed by atoms with van der Waals surface area (Å²) < 4.78 is 0. The number of rotatable bonds is 10. The molecule has 2 nitrogen and oxygen atoms in total. The summed E-state index contributed by atoms with van der Waals surface area (Å²) in [5.74, 6) is 0. The first-order chi connectivity index (χ1) is 36.2. The molecule has 0 atom stereocenters. The van der Waals surface area contributed by atoms with Crippen LogP contribution in [0.3, 0.4) is 0 Å². The minimum absolute atomic E-state index is 0.127. The van der Waals surface area contributed by atoms with E-state index in [-0.39, 0.29) is 10.8 Å².